The largest absolute Gasteiger partial charge is 0.301 e. The first-order valence-electron chi connectivity index (χ1n) is 9.32. The quantitative estimate of drug-likeness (QED) is 0.702. The summed E-state index contributed by atoms with van der Waals surface area (Å²) in [6, 6.07) is 11.6. The highest BCUT2D eigenvalue weighted by molar-refractivity contribution is 7.22. The Balaban J connectivity index is 1.63. The number of aromatic nitrogens is 3. The minimum atomic E-state index is -0.905. The highest BCUT2D eigenvalue weighted by Crippen LogP contribution is 2.67. The van der Waals surface area contributed by atoms with E-state index < -0.39 is 10.8 Å². The van der Waals surface area contributed by atoms with Gasteiger partial charge >= 0.3 is 0 Å². The van der Waals surface area contributed by atoms with Gasteiger partial charge in [-0.25, -0.2) is 15.0 Å². The van der Waals surface area contributed by atoms with Crippen molar-refractivity contribution >= 4 is 32.6 Å². The first kappa shape index (κ1) is 17.7. The van der Waals surface area contributed by atoms with E-state index in [9.17, 15) is 15.3 Å². The first-order valence-corrected chi connectivity index (χ1v) is 10.1. The first-order chi connectivity index (χ1) is 13.9. The third kappa shape index (κ3) is 2.15. The monoisotopic (exact) mass is 400 g/mol. The maximum absolute atomic E-state index is 13.6. The molecular formula is C21H16N6OS. The molecule has 29 heavy (non-hydrogen) atoms. The Bertz CT molecular complexity index is 1250. The number of benzene rings is 1. The van der Waals surface area contributed by atoms with Gasteiger partial charge in [0.1, 0.15) is 12.1 Å². The molecule has 2 bridgehead atoms. The van der Waals surface area contributed by atoms with Crippen LogP contribution in [0.4, 0.5) is 5.13 Å². The van der Waals surface area contributed by atoms with Gasteiger partial charge in [-0.1, -0.05) is 37.3 Å². The molecule has 1 aromatic carbocycles. The summed E-state index contributed by atoms with van der Waals surface area (Å²) in [4.78, 5) is 27.1. The average molecular weight is 400 g/mol. The molecule has 2 unspecified atom stereocenters. The Labute approximate surface area is 171 Å². The van der Waals surface area contributed by atoms with Crippen molar-refractivity contribution in [2.75, 3.05) is 5.32 Å². The Morgan fingerprint density at radius 3 is 2.62 bits per heavy atom. The number of carbonyl (C=O) groups excluding carboxylic acids is 1. The van der Waals surface area contributed by atoms with E-state index in [4.69, 9.17) is 0 Å². The van der Waals surface area contributed by atoms with Crippen molar-refractivity contribution in [1.29, 1.82) is 10.5 Å². The molecule has 3 aromatic rings. The summed E-state index contributed by atoms with van der Waals surface area (Å²) < 4.78 is 1.00. The summed E-state index contributed by atoms with van der Waals surface area (Å²) in [5.41, 5.74) is 0.710. The normalized spacial score (nSPS) is 23.4. The summed E-state index contributed by atoms with van der Waals surface area (Å²) in [5, 5.41) is 22.3. The Hall–Kier alpha value is -3.36. The van der Waals surface area contributed by atoms with Crippen LogP contribution in [-0.4, -0.2) is 20.9 Å². The van der Waals surface area contributed by atoms with Crippen LogP contribution < -0.4 is 5.32 Å². The molecule has 2 aromatic heterocycles. The molecule has 2 aliphatic carbocycles. The molecule has 0 saturated heterocycles. The number of anilines is 1. The van der Waals surface area contributed by atoms with E-state index in [-0.39, 0.29) is 23.2 Å². The molecule has 0 radical (unpaired) electrons. The van der Waals surface area contributed by atoms with E-state index in [0.29, 0.717) is 22.9 Å². The summed E-state index contributed by atoms with van der Waals surface area (Å²) >= 11 is 1.43. The van der Waals surface area contributed by atoms with Crippen LogP contribution in [0, 0.1) is 28.1 Å². The predicted molar refractivity (Wildman–Crippen MR) is 107 cm³/mol. The highest BCUT2D eigenvalue weighted by atomic mass is 32.1. The molecule has 5 rings (SSSR count). The minimum Gasteiger partial charge on any atom is -0.301 e. The molecule has 0 spiro atoms. The zero-order valence-corrected chi connectivity index (χ0v) is 16.7. The summed E-state index contributed by atoms with van der Waals surface area (Å²) in [6.45, 7) is 4.09. The van der Waals surface area contributed by atoms with E-state index >= 15 is 0 Å². The van der Waals surface area contributed by atoms with Crippen molar-refractivity contribution in [1.82, 2.24) is 15.0 Å². The lowest BCUT2D eigenvalue weighted by Gasteiger charge is -2.35. The van der Waals surface area contributed by atoms with Crippen LogP contribution in [0.2, 0.25) is 0 Å². The number of nitrogens with one attached hydrogen (secondary N) is 1. The fourth-order valence-corrected chi connectivity index (χ4v) is 5.91. The number of para-hydroxylation sites is 1. The SMILES string of the molecule is CC1(C)C2CCC1(C(=O)Nc1nc3ccccc3s1)c1nc(C#N)c(C#N)nc12. The lowest BCUT2D eigenvalue weighted by molar-refractivity contribution is -0.124. The van der Waals surface area contributed by atoms with Gasteiger partial charge in [-0.05, 0) is 30.4 Å². The van der Waals surface area contributed by atoms with Crippen molar-refractivity contribution in [2.45, 2.75) is 38.0 Å². The average Bonchev–Trinajstić information content (AvgIpc) is 3.30. The second-order valence-corrected chi connectivity index (χ2v) is 9.07. The number of rotatable bonds is 2. The van der Waals surface area contributed by atoms with Gasteiger partial charge in [-0.3, -0.25) is 4.79 Å². The van der Waals surface area contributed by atoms with Crippen LogP contribution in [0.1, 0.15) is 55.4 Å². The summed E-state index contributed by atoms with van der Waals surface area (Å²) in [6.07, 6.45) is 1.42. The van der Waals surface area contributed by atoms with Gasteiger partial charge < -0.3 is 5.32 Å². The smallest absolute Gasteiger partial charge is 0.239 e. The molecule has 2 heterocycles. The molecule has 2 atom stereocenters. The summed E-state index contributed by atoms with van der Waals surface area (Å²) in [5.74, 6) is -0.156. The maximum Gasteiger partial charge on any atom is 0.239 e. The lowest BCUT2D eigenvalue weighted by Crippen LogP contribution is -2.46. The second-order valence-electron chi connectivity index (χ2n) is 8.04. The molecule has 7 nitrogen and oxygen atoms in total. The van der Waals surface area contributed by atoms with Crippen molar-refractivity contribution in [3.63, 3.8) is 0 Å². The van der Waals surface area contributed by atoms with Crippen LogP contribution in [0.3, 0.4) is 0 Å². The predicted octanol–water partition coefficient (Wildman–Crippen LogP) is 3.62. The van der Waals surface area contributed by atoms with E-state index in [2.05, 4.69) is 20.3 Å². The third-order valence-corrected chi connectivity index (χ3v) is 7.50. The second kappa shape index (κ2) is 5.82. The lowest BCUT2D eigenvalue weighted by atomic mass is 9.67. The number of fused-ring (bicyclic) bond motifs is 6. The Morgan fingerprint density at radius 1 is 1.17 bits per heavy atom. The number of amides is 1. The topological polar surface area (TPSA) is 115 Å². The van der Waals surface area contributed by atoms with Crippen molar-refractivity contribution in [3.05, 3.63) is 47.0 Å². The Kier molecular flexibility index (Phi) is 3.56. The van der Waals surface area contributed by atoms with Gasteiger partial charge in [0.2, 0.25) is 5.91 Å². The molecule has 2 aliphatic rings. The molecule has 142 valence electrons. The van der Waals surface area contributed by atoms with Crippen molar-refractivity contribution in [3.8, 4) is 12.1 Å². The van der Waals surface area contributed by atoms with Gasteiger partial charge in [0.25, 0.3) is 0 Å². The van der Waals surface area contributed by atoms with E-state index in [0.717, 1.165) is 16.6 Å². The summed E-state index contributed by atoms with van der Waals surface area (Å²) in [7, 11) is 0. The number of hydrogen-bond donors (Lipinski definition) is 1. The number of carbonyl (C=O) groups is 1. The molecule has 1 saturated carbocycles. The number of hydrogen-bond acceptors (Lipinski definition) is 7. The van der Waals surface area contributed by atoms with Crippen LogP contribution in [0.25, 0.3) is 10.2 Å². The number of nitriles is 2. The van der Waals surface area contributed by atoms with E-state index in [1.54, 1.807) is 0 Å². The zero-order chi connectivity index (χ0) is 20.4. The fourth-order valence-electron chi connectivity index (χ4n) is 5.05. The molecule has 8 heteroatoms. The maximum atomic E-state index is 13.6. The van der Waals surface area contributed by atoms with Gasteiger partial charge in [-0.15, -0.1) is 0 Å². The third-order valence-electron chi connectivity index (χ3n) is 6.55. The molecule has 1 fully saturated rings. The van der Waals surface area contributed by atoms with Crippen LogP contribution in [0.5, 0.6) is 0 Å². The fraction of sp³-hybridized carbons (Fsp3) is 0.333. The number of nitrogens with zero attached hydrogens (tertiary/aromatic N) is 5. The standard InChI is InChI=1S/C21H16N6OS/c1-20(2)11-7-8-21(20,17-16(11)24-13(9-22)14(10-23)25-17)18(28)27-19-26-12-5-3-4-6-15(12)29-19/h3-6,11H,7-8H2,1-2H3,(H,26,27,28). The van der Waals surface area contributed by atoms with Crippen molar-refractivity contribution in [2.24, 2.45) is 5.41 Å². The van der Waals surface area contributed by atoms with Gasteiger partial charge in [-0.2, -0.15) is 10.5 Å². The van der Waals surface area contributed by atoms with Crippen molar-refractivity contribution < 1.29 is 4.79 Å². The van der Waals surface area contributed by atoms with Crippen LogP contribution in [0.15, 0.2) is 24.3 Å². The number of thiazole rings is 1. The Morgan fingerprint density at radius 2 is 1.90 bits per heavy atom. The molecular weight excluding hydrogens is 384 g/mol. The molecule has 1 amide bonds. The van der Waals surface area contributed by atoms with Crippen LogP contribution in [-0.2, 0) is 10.2 Å². The van der Waals surface area contributed by atoms with Gasteiger partial charge in [0, 0.05) is 5.92 Å². The van der Waals surface area contributed by atoms with Gasteiger partial charge in [0.15, 0.2) is 16.5 Å². The zero-order valence-electron chi connectivity index (χ0n) is 15.9. The minimum absolute atomic E-state index is 0.0194. The van der Waals surface area contributed by atoms with E-state index in [1.165, 1.54) is 11.3 Å². The molecule has 0 aliphatic heterocycles. The van der Waals surface area contributed by atoms with Crippen LogP contribution >= 0.6 is 11.3 Å². The van der Waals surface area contributed by atoms with Gasteiger partial charge in [0.05, 0.1) is 27.0 Å². The molecule has 1 N–H and O–H groups in total. The highest BCUT2D eigenvalue weighted by Gasteiger charge is 2.68. The van der Waals surface area contributed by atoms with E-state index in [1.807, 2.05) is 50.3 Å².